The molecule has 0 aromatic carbocycles. The lowest BCUT2D eigenvalue weighted by atomic mass is 9.98. The van der Waals surface area contributed by atoms with E-state index in [0.29, 0.717) is 12.5 Å². The van der Waals surface area contributed by atoms with Gasteiger partial charge in [0.05, 0.1) is 0 Å². The summed E-state index contributed by atoms with van der Waals surface area (Å²) >= 11 is 0. The quantitative estimate of drug-likeness (QED) is 0.543. The molecule has 1 N–H and O–H groups in total. The maximum Gasteiger partial charge on any atom is 0.389 e. The molecule has 1 nitrogen and oxygen atoms in total. The Morgan fingerprint density at radius 2 is 1.83 bits per heavy atom. The van der Waals surface area contributed by atoms with Gasteiger partial charge in [0.1, 0.15) is 0 Å². The number of hydrogen-bond acceptors (Lipinski definition) is 1. The van der Waals surface area contributed by atoms with Gasteiger partial charge in [0, 0.05) is 12.5 Å². The first-order valence-corrected chi connectivity index (χ1v) is 7.31. The smallest absolute Gasteiger partial charge is 0.314 e. The van der Waals surface area contributed by atoms with Crippen LogP contribution in [-0.4, -0.2) is 18.8 Å². The SMILES string of the molecule is CCC1CCCC(NCCCCC(F)(F)F)CC1. The van der Waals surface area contributed by atoms with Crippen LogP contribution in [0.3, 0.4) is 0 Å². The fourth-order valence-corrected chi connectivity index (χ4v) is 2.75. The van der Waals surface area contributed by atoms with Crippen LogP contribution in [-0.2, 0) is 0 Å². The summed E-state index contributed by atoms with van der Waals surface area (Å²) in [6.45, 7) is 2.98. The number of alkyl halides is 3. The molecule has 4 heteroatoms. The normalized spacial score (nSPS) is 26.0. The fraction of sp³-hybridized carbons (Fsp3) is 1.00. The molecule has 1 aliphatic carbocycles. The third kappa shape index (κ3) is 7.24. The second-order valence-electron chi connectivity index (χ2n) is 5.51. The zero-order valence-electron chi connectivity index (χ0n) is 11.4. The molecule has 1 rings (SSSR count). The predicted molar refractivity (Wildman–Crippen MR) is 68.6 cm³/mol. The second-order valence-corrected chi connectivity index (χ2v) is 5.51. The van der Waals surface area contributed by atoms with E-state index in [2.05, 4.69) is 12.2 Å². The maximum absolute atomic E-state index is 12.0. The van der Waals surface area contributed by atoms with Crippen molar-refractivity contribution in [3.05, 3.63) is 0 Å². The van der Waals surface area contributed by atoms with Crippen LogP contribution in [0.1, 0.15) is 64.7 Å². The van der Waals surface area contributed by atoms with Gasteiger partial charge in [-0.1, -0.05) is 26.2 Å². The molecule has 0 amide bonds. The average molecular weight is 265 g/mol. The molecular weight excluding hydrogens is 239 g/mol. The average Bonchev–Trinajstić information content (AvgIpc) is 2.52. The lowest BCUT2D eigenvalue weighted by molar-refractivity contribution is -0.135. The summed E-state index contributed by atoms with van der Waals surface area (Å²) in [6, 6.07) is 0.535. The van der Waals surface area contributed by atoms with Crippen LogP contribution in [0.4, 0.5) is 13.2 Å². The molecule has 0 radical (unpaired) electrons. The third-order valence-electron chi connectivity index (χ3n) is 3.99. The van der Waals surface area contributed by atoms with Crippen molar-refractivity contribution in [2.24, 2.45) is 5.92 Å². The van der Waals surface area contributed by atoms with E-state index >= 15 is 0 Å². The minimum atomic E-state index is -3.99. The van der Waals surface area contributed by atoms with E-state index in [9.17, 15) is 13.2 Å². The minimum absolute atomic E-state index is 0.251. The van der Waals surface area contributed by atoms with Crippen molar-refractivity contribution in [2.45, 2.75) is 76.9 Å². The monoisotopic (exact) mass is 265 g/mol. The number of halogens is 3. The summed E-state index contributed by atoms with van der Waals surface area (Å²) in [7, 11) is 0. The van der Waals surface area contributed by atoms with E-state index in [-0.39, 0.29) is 6.42 Å². The van der Waals surface area contributed by atoms with Gasteiger partial charge in [-0.2, -0.15) is 13.2 Å². The van der Waals surface area contributed by atoms with E-state index in [0.717, 1.165) is 12.5 Å². The topological polar surface area (TPSA) is 12.0 Å². The molecule has 0 aliphatic heterocycles. The lowest BCUT2D eigenvalue weighted by Crippen LogP contribution is -2.29. The Hall–Kier alpha value is -0.250. The summed E-state index contributed by atoms with van der Waals surface area (Å²) in [4.78, 5) is 0. The number of hydrogen-bond donors (Lipinski definition) is 1. The Labute approximate surface area is 109 Å². The maximum atomic E-state index is 12.0. The highest BCUT2D eigenvalue weighted by Crippen LogP contribution is 2.25. The standard InChI is InChI=1S/C14H26F3N/c1-2-12-6-5-7-13(9-8-12)18-11-4-3-10-14(15,16)17/h12-13,18H,2-11H2,1H3. The summed E-state index contributed by atoms with van der Waals surface area (Å²) < 4.78 is 35.9. The Morgan fingerprint density at radius 3 is 2.50 bits per heavy atom. The molecule has 18 heavy (non-hydrogen) atoms. The molecular formula is C14H26F3N. The van der Waals surface area contributed by atoms with Crippen LogP contribution >= 0.6 is 0 Å². The van der Waals surface area contributed by atoms with Gasteiger partial charge in [-0.05, 0) is 44.6 Å². The van der Waals surface area contributed by atoms with E-state index in [1.54, 1.807) is 0 Å². The fourth-order valence-electron chi connectivity index (χ4n) is 2.75. The van der Waals surface area contributed by atoms with Crippen molar-refractivity contribution in [3.63, 3.8) is 0 Å². The van der Waals surface area contributed by atoms with E-state index in [4.69, 9.17) is 0 Å². The highest BCUT2D eigenvalue weighted by atomic mass is 19.4. The summed E-state index contributed by atoms with van der Waals surface area (Å²) in [6.07, 6.45) is 3.76. The third-order valence-corrected chi connectivity index (χ3v) is 3.99. The van der Waals surface area contributed by atoms with Crippen LogP contribution in [0.25, 0.3) is 0 Å². The predicted octanol–water partition coefficient (Wildman–Crippen LogP) is 4.67. The van der Waals surface area contributed by atoms with Crippen molar-refractivity contribution >= 4 is 0 Å². The second kappa shape index (κ2) is 8.03. The number of rotatable bonds is 6. The van der Waals surface area contributed by atoms with Gasteiger partial charge in [-0.15, -0.1) is 0 Å². The van der Waals surface area contributed by atoms with Gasteiger partial charge < -0.3 is 5.32 Å². The highest BCUT2D eigenvalue weighted by Gasteiger charge is 2.25. The van der Waals surface area contributed by atoms with Crippen LogP contribution in [0.2, 0.25) is 0 Å². The van der Waals surface area contributed by atoms with Crippen LogP contribution < -0.4 is 5.32 Å². The van der Waals surface area contributed by atoms with Crippen molar-refractivity contribution in [1.29, 1.82) is 0 Å². The van der Waals surface area contributed by atoms with Crippen molar-refractivity contribution < 1.29 is 13.2 Å². The Bertz CT molecular complexity index is 216. The van der Waals surface area contributed by atoms with Crippen LogP contribution in [0.5, 0.6) is 0 Å². The minimum Gasteiger partial charge on any atom is -0.314 e. The Kier molecular flexibility index (Phi) is 7.05. The zero-order valence-corrected chi connectivity index (χ0v) is 11.4. The largest absolute Gasteiger partial charge is 0.389 e. The molecule has 0 spiro atoms. The molecule has 2 atom stereocenters. The lowest BCUT2D eigenvalue weighted by Gasteiger charge is -2.16. The molecule has 0 heterocycles. The summed E-state index contributed by atoms with van der Waals surface area (Å²) in [5, 5.41) is 3.43. The van der Waals surface area contributed by atoms with Gasteiger partial charge in [0.25, 0.3) is 0 Å². The van der Waals surface area contributed by atoms with E-state index in [1.807, 2.05) is 0 Å². The molecule has 1 aliphatic rings. The number of nitrogens with one attached hydrogen (secondary N) is 1. The van der Waals surface area contributed by atoms with Gasteiger partial charge in [0.15, 0.2) is 0 Å². The molecule has 0 aromatic rings. The van der Waals surface area contributed by atoms with Gasteiger partial charge >= 0.3 is 6.18 Å². The number of unbranched alkanes of at least 4 members (excludes halogenated alkanes) is 1. The molecule has 0 aromatic heterocycles. The Morgan fingerprint density at radius 1 is 1.06 bits per heavy atom. The van der Waals surface area contributed by atoms with Gasteiger partial charge in [-0.3, -0.25) is 0 Å². The highest BCUT2D eigenvalue weighted by molar-refractivity contribution is 4.74. The van der Waals surface area contributed by atoms with Crippen LogP contribution in [0.15, 0.2) is 0 Å². The molecule has 2 unspecified atom stereocenters. The van der Waals surface area contributed by atoms with Crippen molar-refractivity contribution in [2.75, 3.05) is 6.54 Å². The summed E-state index contributed by atoms with van der Waals surface area (Å²) in [5.41, 5.74) is 0. The first-order valence-electron chi connectivity index (χ1n) is 7.31. The molecule has 1 fully saturated rings. The molecule has 108 valence electrons. The first kappa shape index (κ1) is 15.8. The van der Waals surface area contributed by atoms with Crippen LogP contribution in [0, 0.1) is 5.92 Å². The van der Waals surface area contributed by atoms with Gasteiger partial charge in [0.2, 0.25) is 0 Å². The van der Waals surface area contributed by atoms with E-state index < -0.39 is 12.6 Å². The summed E-state index contributed by atoms with van der Waals surface area (Å²) in [5.74, 6) is 0.863. The van der Waals surface area contributed by atoms with Crippen molar-refractivity contribution in [1.82, 2.24) is 5.32 Å². The molecule has 0 bridgehead atoms. The van der Waals surface area contributed by atoms with E-state index in [1.165, 1.54) is 38.5 Å². The Balaban J connectivity index is 2.05. The van der Waals surface area contributed by atoms with Crippen molar-refractivity contribution in [3.8, 4) is 0 Å². The molecule has 0 saturated heterocycles. The first-order chi connectivity index (χ1) is 8.51. The zero-order chi connectivity index (χ0) is 13.4. The molecule has 1 saturated carbocycles. The van der Waals surface area contributed by atoms with Gasteiger partial charge in [-0.25, -0.2) is 0 Å².